The zero-order valence-corrected chi connectivity index (χ0v) is 87.9. The van der Waals surface area contributed by atoms with Crippen LogP contribution in [0.4, 0.5) is 51.2 Å². The topological polar surface area (TPSA) is 283 Å². The Hall–Kier alpha value is -10.0. The maximum atomic E-state index is 15.7. The van der Waals surface area contributed by atoms with Gasteiger partial charge in [0.25, 0.3) is 0 Å². The summed E-state index contributed by atoms with van der Waals surface area (Å²) in [4.78, 5) is 151. The average Bonchev–Trinajstić information content (AvgIpc) is 1.63. The van der Waals surface area contributed by atoms with Crippen LogP contribution in [0.5, 0.6) is 0 Å². The number of aromatic amines is 1. The van der Waals surface area contributed by atoms with Crippen LogP contribution in [0.25, 0.3) is 11.2 Å². The molecule has 34 heteroatoms. The number of nitrogens with one attached hydrogen (secondary N) is 6. The van der Waals surface area contributed by atoms with Gasteiger partial charge in [-0.2, -0.15) is 0 Å². The Morgan fingerprint density at radius 3 is 1.02 bits per heavy atom. The number of likely N-dealkylation sites (tertiary alicyclic amines) is 3. The number of rotatable bonds is 21. The highest BCUT2D eigenvalue weighted by Gasteiger charge is 2.50. The molecule has 18 rings (SSSR count). The molecule has 11 aliphatic rings. The molecule has 11 aliphatic heterocycles. The molecule has 794 valence electrons. The van der Waals surface area contributed by atoms with Crippen LogP contribution in [-0.4, -0.2) is 277 Å². The van der Waals surface area contributed by atoms with Gasteiger partial charge in [-0.05, 0) is 182 Å². The standard InChI is InChI=1S/2C37H51FN6O3S.C34H46FN7O3S.13H2/c2*1-24-22-42(23-25(2)39-24)33-28(10-8-11-29(33)38)35-44(20-16-37(3,4)5)34(46)31(48-35)21-32(45)41-17-14-27(15-18-41)43-19-13-26-9-6-7-12-30(26)40-36(43)47;1-21-19-40(20-22(2)37-21)29-24(8-6-9-25(29)35)32-41(17-13-34(3,4)5)31(44)27(46-32)18-28(43)39-15-11-23(12-16-39)42-26-10-7-14-36-30(26)38-33(42)45;;;;;;;;;;;;;/h2*6-12,24-25,27,31,35,39H,13-23H2,1-5H3,(H,40,47);6-10,14,21-23,27,32,37H,11-13,15-20H2,1-5H3,(H,36,38,45);13*1H/t24-,25+,31-,35+;24-,25+,31-,35-;21-,22+,27-,32-;;;;;;;;;;;;;/m000............./s1. The number of carbonyl (C=O) groups excluding carboxylic acids is 8. The van der Waals surface area contributed by atoms with Gasteiger partial charge in [0.15, 0.2) is 5.65 Å². The molecule has 0 aliphatic carbocycles. The van der Waals surface area contributed by atoms with Gasteiger partial charge in [-0.15, -0.1) is 35.3 Å². The van der Waals surface area contributed by atoms with E-state index in [1.807, 2.05) is 106 Å². The van der Waals surface area contributed by atoms with Gasteiger partial charge in [0, 0.05) is 238 Å². The molecule has 5 aromatic carbocycles. The van der Waals surface area contributed by atoms with Crippen molar-refractivity contribution in [1.29, 1.82) is 0 Å². The van der Waals surface area contributed by atoms with Crippen LogP contribution in [0.15, 0.2) is 126 Å². The number of piperazine rings is 3. The maximum absolute atomic E-state index is 15.7. The molecule has 0 bridgehead atoms. The number of benzene rings is 5. The molecule has 13 heterocycles. The van der Waals surface area contributed by atoms with Gasteiger partial charge in [0.05, 0.1) is 38.3 Å². The van der Waals surface area contributed by atoms with E-state index in [0.29, 0.717) is 172 Å². The van der Waals surface area contributed by atoms with Crippen LogP contribution in [0.3, 0.4) is 0 Å². The van der Waals surface area contributed by atoms with Gasteiger partial charge in [-0.25, -0.2) is 32.5 Å². The first-order chi connectivity index (χ1) is 67.6. The highest BCUT2D eigenvalue weighted by molar-refractivity contribution is 8.01. The normalized spacial score (nSPS) is 25.3. The number of hydrogen-bond acceptors (Lipinski definition) is 19. The van der Waals surface area contributed by atoms with E-state index in [-0.39, 0.29) is 195 Å². The largest absolute Gasteiger partial charge is 0.366 e. The number of anilines is 5. The molecule has 9 saturated heterocycles. The molecule has 0 saturated carbocycles. The van der Waals surface area contributed by atoms with Gasteiger partial charge in [0.1, 0.15) is 33.6 Å². The van der Waals surface area contributed by atoms with Gasteiger partial charge < -0.3 is 80.5 Å². The summed E-state index contributed by atoms with van der Waals surface area (Å²) in [5.41, 5.74) is 9.28. The molecule has 9 fully saturated rings. The number of carbonyl (C=O) groups is 8. The molecular formula is C108H174F3N19O9S3. The lowest BCUT2D eigenvalue weighted by Crippen LogP contribution is -2.54. The number of imidazole rings is 1. The number of thioether (sulfide) groups is 3. The van der Waals surface area contributed by atoms with E-state index in [4.69, 9.17) is 0 Å². The van der Waals surface area contributed by atoms with Crippen LogP contribution in [-0.2, 0) is 41.6 Å². The monoisotopic (exact) mass is 2030 g/mol. The Balaban J connectivity index is 0.000000572. The summed E-state index contributed by atoms with van der Waals surface area (Å²) in [5.74, 6) is -1.11. The minimum atomic E-state index is -0.547. The Labute approximate surface area is 867 Å². The number of amides is 10. The zero-order chi connectivity index (χ0) is 101. The Bertz CT molecular complexity index is 5560. The summed E-state index contributed by atoms with van der Waals surface area (Å²) in [6, 6.07) is 36.3. The summed E-state index contributed by atoms with van der Waals surface area (Å²) >= 11 is 4.46. The lowest BCUT2D eigenvalue weighted by Gasteiger charge is -2.39. The molecule has 0 unspecified atom stereocenters. The molecule has 28 nitrogen and oxygen atoms in total. The lowest BCUT2D eigenvalue weighted by atomic mass is 9.92. The third kappa shape index (κ3) is 24.9. The molecule has 0 spiro atoms. The molecule has 7 aromatic rings. The number of pyridine rings is 1. The number of hydrogen-bond donors (Lipinski definition) is 6. The van der Waals surface area contributed by atoms with E-state index >= 15 is 13.2 Å². The smallest absolute Gasteiger partial charge is 0.327 e. The molecule has 12 atom stereocenters. The number of aromatic nitrogens is 3. The molecule has 10 amide bonds. The number of H-pyrrole nitrogens is 1. The second-order valence-corrected chi connectivity index (χ2v) is 48.7. The van der Waals surface area contributed by atoms with Crippen LogP contribution < -0.4 is 47.0 Å². The first kappa shape index (κ1) is 105. The molecule has 142 heavy (non-hydrogen) atoms. The van der Waals surface area contributed by atoms with E-state index in [1.165, 1.54) is 53.5 Å². The van der Waals surface area contributed by atoms with Crippen molar-refractivity contribution < 1.29 is 70.1 Å². The highest BCUT2D eigenvalue weighted by atomic mass is 32.2. The minimum absolute atomic E-state index is 0. The van der Waals surface area contributed by atoms with Gasteiger partial charge >= 0.3 is 17.8 Å². The number of urea groups is 2. The van der Waals surface area contributed by atoms with Crippen LogP contribution in [0.1, 0.15) is 249 Å². The summed E-state index contributed by atoms with van der Waals surface area (Å²) < 4.78 is 48.9. The van der Waals surface area contributed by atoms with Crippen molar-refractivity contribution in [2.24, 2.45) is 16.2 Å². The molecule has 0 radical (unpaired) electrons. The first-order valence-electron chi connectivity index (χ1n) is 51.6. The Morgan fingerprint density at radius 2 is 0.704 bits per heavy atom. The Kier molecular flexibility index (Phi) is 33.2. The van der Waals surface area contributed by atoms with Crippen molar-refractivity contribution in [2.75, 3.05) is 137 Å². The first-order valence-corrected chi connectivity index (χ1v) is 54.4. The summed E-state index contributed by atoms with van der Waals surface area (Å²) in [6.45, 7) is 42.3. The molecule has 6 N–H and O–H groups in total. The number of piperidine rings is 3. The van der Waals surface area contributed by atoms with Crippen molar-refractivity contribution in [3.05, 3.63) is 177 Å². The minimum Gasteiger partial charge on any atom is -0.366 e. The quantitative estimate of drug-likeness (QED) is 0.0390. The molecule has 2 aromatic heterocycles. The fraction of sp³-hybridized carbons (Fsp3) is 0.593. The van der Waals surface area contributed by atoms with Crippen molar-refractivity contribution in [1.82, 2.24) is 69.7 Å². The highest BCUT2D eigenvalue weighted by Crippen LogP contribution is 2.53. The third-order valence-electron chi connectivity index (χ3n) is 29.7. The van der Waals surface area contributed by atoms with Gasteiger partial charge in [-0.3, -0.25) is 38.3 Å². The van der Waals surface area contributed by atoms with Crippen molar-refractivity contribution >= 4 is 122 Å². The van der Waals surface area contributed by atoms with E-state index < -0.39 is 15.7 Å². The molecular weight excluding hydrogens is 1860 g/mol. The third-order valence-corrected chi connectivity index (χ3v) is 34.1. The van der Waals surface area contributed by atoms with Crippen LogP contribution in [0.2, 0.25) is 0 Å². The maximum Gasteiger partial charge on any atom is 0.327 e. The summed E-state index contributed by atoms with van der Waals surface area (Å²) in [7, 11) is 0. The van der Waals surface area contributed by atoms with E-state index in [1.54, 1.807) is 29.0 Å². The predicted molar refractivity (Wildman–Crippen MR) is 589 cm³/mol. The lowest BCUT2D eigenvalue weighted by molar-refractivity contribution is -0.137. The zero-order valence-electron chi connectivity index (χ0n) is 85.5. The number of nitrogens with zero attached hydrogens (tertiary/aromatic N) is 13. The summed E-state index contributed by atoms with van der Waals surface area (Å²) in [5, 5.41) is 14.0. The number of fused-ring (bicyclic) bond motifs is 3. The fourth-order valence-corrected chi connectivity index (χ4v) is 27.0. The number of para-hydroxylation sites is 5. The summed E-state index contributed by atoms with van der Waals surface area (Å²) in [6.07, 6.45) is 10.1. The van der Waals surface area contributed by atoms with E-state index in [9.17, 15) is 43.2 Å². The van der Waals surface area contributed by atoms with Crippen LogP contribution in [0, 0.1) is 33.7 Å². The predicted octanol–water partition coefficient (Wildman–Crippen LogP) is 19.6. The fourth-order valence-electron chi connectivity index (χ4n) is 22.6. The van der Waals surface area contributed by atoms with Crippen molar-refractivity contribution in [3.8, 4) is 0 Å². The van der Waals surface area contributed by atoms with Crippen molar-refractivity contribution in [3.63, 3.8) is 0 Å². The number of halogens is 3. The van der Waals surface area contributed by atoms with Gasteiger partial charge in [-0.1, -0.05) is 135 Å². The van der Waals surface area contributed by atoms with Crippen molar-refractivity contribution in [2.45, 2.75) is 280 Å². The van der Waals surface area contributed by atoms with Crippen LogP contribution >= 0.6 is 35.3 Å². The van der Waals surface area contributed by atoms with Gasteiger partial charge in [0.2, 0.25) is 35.4 Å². The second-order valence-electron chi connectivity index (χ2n) is 44.8. The van der Waals surface area contributed by atoms with E-state index in [2.05, 4.69) is 167 Å². The SMILES string of the molecule is C[C@@H]1CN(c2c(F)cccc2[C@@H]2S[C@@H](CC(=O)N3CCC(N4CCc5ccccc5NC4=O)CC3)C(=O)N2CCC(C)(C)C)C[C@H](C)N1.C[C@@H]1CN(c2c(F)cccc2[C@@H]2S[C@@H](CC(=O)N3CCC(n4c(=O)[nH]c5ncccc54)CC3)C(=O)N2CCC(C)(C)C)C[C@H](C)N1.C[C@@H]1CN(c2c(F)cccc2[C@H]2S[C@@H](CC(=O)N3CCC(N4CCc5ccccc5NC4=O)CC3)C(=O)N2CCC(C)(C)C)C[C@H](C)N1.[HH].[HH].[HH].[HH].[HH].[HH].[HH].[HH].[HH].[HH].[HH].[HH].[HH]. The average molecular weight is 2040 g/mol. The second kappa shape index (κ2) is 44.9. The van der Waals surface area contributed by atoms with E-state index in [0.717, 1.165) is 76.8 Å². The Morgan fingerprint density at radius 1 is 0.394 bits per heavy atom.